The second-order valence-corrected chi connectivity index (χ2v) is 10.9. The van der Waals surface area contributed by atoms with Gasteiger partial charge in [0.05, 0.1) is 22.0 Å². The van der Waals surface area contributed by atoms with Crippen molar-refractivity contribution >= 4 is 17.1 Å². The lowest BCUT2D eigenvalue weighted by Crippen LogP contribution is -2.13. The molecule has 0 bridgehead atoms. The first kappa shape index (κ1) is 29.4. The lowest BCUT2D eigenvalue weighted by Gasteiger charge is -2.25. The second-order valence-electron chi connectivity index (χ2n) is 10.9. The minimum atomic E-state index is -0.426. The molecule has 0 N–H and O–H groups in total. The highest BCUT2D eigenvalue weighted by atomic mass is 16.6. The summed E-state index contributed by atoms with van der Waals surface area (Å²) in [6.07, 6.45) is 1.70. The number of aromatic nitrogens is 5. The Hall–Kier alpha value is -5.70. The Morgan fingerprint density at radius 3 is 2.13 bits per heavy atom. The molecular formula is C36H33N7O2. The number of benzene rings is 4. The van der Waals surface area contributed by atoms with Crippen LogP contribution >= 0.6 is 0 Å². The Morgan fingerprint density at radius 1 is 0.822 bits per heavy atom. The van der Waals surface area contributed by atoms with Gasteiger partial charge in [-0.05, 0) is 77.2 Å². The number of tetrazole rings is 1. The molecule has 6 aromatic rings. The zero-order chi connectivity index (χ0) is 31.5. The van der Waals surface area contributed by atoms with Crippen LogP contribution in [0.1, 0.15) is 30.8 Å². The van der Waals surface area contributed by atoms with Crippen LogP contribution in [-0.4, -0.2) is 37.2 Å². The number of anilines is 2. The maximum atomic E-state index is 11.1. The molecule has 0 amide bonds. The summed E-state index contributed by atoms with van der Waals surface area (Å²) in [4.78, 5) is 17.9. The lowest BCUT2D eigenvalue weighted by atomic mass is 9.97. The first-order chi connectivity index (χ1) is 21.9. The van der Waals surface area contributed by atoms with Gasteiger partial charge in [-0.15, -0.1) is 5.10 Å². The number of nitro benzene ring substituents is 1. The van der Waals surface area contributed by atoms with Gasteiger partial charge in [0, 0.05) is 41.7 Å². The Balaban J connectivity index is 1.37. The highest BCUT2D eigenvalue weighted by molar-refractivity contribution is 5.86. The van der Waals surface area contributed by atoms with Gasteiger partial charge in [-0.25, -0.2) is 0 Å². The number of aryl methyl sites for hydroxylation is 3. The van der Waals surface area contributed by atoms with Crippen molar-refractivity contribution in [3.05, 3.63) is 130 Å². The molecule has 0 aliphatic rings. The molecule has 6 rings (SSSR count). The normalized spacial score (nSPS) is 11.0. The monoisotopic (exact) mass is 595 g/mol. The maximum absolute atomic E-state index is 11.1. The number of hydrogen-bond donors (Lipinski definition) is 0. The quantitative estimate of drug-likeness (QED) is 0.123. The third kappa shape index (κ3) is 5.80. The largest absolute Gasteiger partial charge is 0.344 e. The first-order valence-electron chi connectivity index (χ1n) is 14.9. The zero-order valence-corrected chi connectivity index (χ0v) is 25.7. The van der Waals surface area contributed by atoms with Gasteiger partial charge in [-0.2, -0.15) is 4.68 Å². The summed E-state index contributed by atoms with van der Waals surface area (Å²) in [6, 6.07) is 33.5. The van der Waals surface area contributed by atoms with Gasteiger partial charge in [0.15, 0.2) is 5.82 Å². The number of rotatable bonds is 9. The Morgan fingerprint density at radius 2 is 1.49 bits per heavy atom. The minimum absolute atomic E-state index is 0.00780. The summed E-state index contributed by atoms with van der Waals surface area (Å²) >= 11 is 0. The molecule has 0 fully saturated rings. The van der Waals surface area contributed by atoms with Gasteiger partial charge in [-0.1, -0.05) is 80.1 Å². The SMILES string of the molecule is CCc1cc(N(C)c2ccc(-c3ccccc3-c3nnnn3-c3ccc([N+](=O)[O-])cc3)cc2)c(-c2ccc(C)cc2)c(CC)n1. The maximum Gasteiger partial charge on any atom is 0.269 e. The molecule has 0 saturated heterocycles. The molecule has 0 radical (unpaired) electrons. The van der Waals surface area contributed by atoms with E-state index in [-0.39, 0.29) is 5.69 Å². The van der Waals surface area contributed by atoms with Gasteiger partial charge >= 0.3 is 0 Å². The Bertz CT molecular complexity index is 1970. The van der Waals surface area contributed by atoms with E-state index in [1.807, 2.05) is 24.3 Å². The lowest BCUT2D eigenvalue weighted by molar-refractivity contribution is -0.384. The van der Waals surface area contributed by atoms with Crippen molar-refractivity contribution in [2.24, 2.45) is 0 Å². The zero-order valence-electron chi connectivity index (χ0n) is 25.7. The molecule has 0 saturated carbocycles. The molecule has 2 aromatic heterocycles. The van der Waals surface area contributed by atoms with E-state index in [9.17, 15) is 10.1 Å². The molecule has 9 heteroatoms. The van der Waals surface area contributed by atoms with Gasteiger partial charge in [-0.3, -0.25) is 15.1 Å². The van der Waals surface area contributed by atoms with Crippen molar-refractivity contribution in [2.45, 2.75) is 33.6 Å². The van der Waals surface area contributed by atoms with Crippen molar-refractivity contribution in [3.8, 4) is 39.3 Å². The molecule has 2 heterocycles. The summed E-state index contributed by atoms with van der Waals surface area (Å²) in [6.45, 7) is 6.40. The van der Waals surface area contributed by atoms with Crippen LogP contribution < -0.4 is 4.90 Å². The molecule has 4 aromatic carbocycles. The van der Waals surface area contributed by atoms with E-state index in [4.69, 9.17) is 4.98 Å². The Kier molecular flexibility index (Phi) is 8.16. The molecule has 0 aliphatic carbocycles. The number of non-ortho nitro benzene ring substituents is 1. The smallest absolute Gasteiger partial charge is 0.269 e. The van der Waals surface area contributed by atoms with Crippen LogP contribution in [0.2, 0.25) is 0 Å². The van der Waals surface area contributed by atoms with Crippen LogP contribution in [0.4, 0.5) is 17.1 Å². The number of nitro groups is 1. The van der Waals surface area contributed by atoms with E-state index >= 15 is 0 Å². The van der Waals surface area contributed by atoms with Crippen LogP contribution in [0.15, 0.2) is 103 Å². The van der Waals surface area contributed by atoms with E-state index in [0.717, 1.165) is 63.4 Å². The molecule has 9 nitrogen and oxygen atoms in total. The fourth-order valence-corrected chi connectivity index (χ4v) is 5.55. The molecule has 224 valence electrons. The summed E-state index contributed by atoms with van der Waals surface area (Å²) < 4.78 is 1.59. The molecule has 0 atom stereocenters. The second kappa shape index (κ2) is 12.5. The van der Waals surface area contributed by atoms with Gasteiger partial charge < -0.3 is 4.90 Å². The highest BCUT2D eigenvalue weighted by Gasteiger charge is 2.19. The summed E-state index contributed by atoms with van der Waals surface area (Å²) in [7, 11) is 2.10. The average Bonchev–Trinajstić information content (AvgIpc) is 3.58. The molecule has 0 unspecified atom stereocenters. The standard InChI is InChI=1S/C36H33N7O2/c1-5-27-23-34(35(33(6-2)37-27)26-13-11-24(3)12-14-26)41(4)28-17-15-25(16-18-28)31-9-7-8-10-32(31)36-38-39-40-42(36)29-19-21-30(22-20-29)43(44)45/h7-23H,5-6H2,1-4H3. The van der Waals surface area contributed by atoms with Crippen molar-refractivity contribution in [1.29, 1.82) is 0 Å². The van der Waals surface area contributed by atoms with Crippen LogP contribution in [0.25, 0.3) is 39.3 Å². The fraction of sp³-hybridized carbons (Fsp3) is 0.167. The van der Waals surface area contributed by atoms with Crippen LogP contribution in [-0.2, 0) is 12.8 Å². The topological polar surface area (TPSA) is 103 Å². The van der Waals surface area contributed by atoms with E-state index in [1.165, 1.54) is 17.7 Å². The summed E-state index contributed by atoms with van der Waals surface area (Å²) in [5.41, 5.74) is 11.3. The van der Waals surface area contributed by atoms with Gasteiger partial charge in [0.1, 0.15) is 0 Å². The van der Waals surface area contributed by atoms with Crippen molar-refractivity contribution in [1.82, 2.24) is 25.2 Å². The van der Waals surface area contributed by atoms with Gasteiger partial charge in [0.2, 0.25) is 0 Å². The summed E-state index contributed by atoms with van der Waals surface area (Å²) in [5.74, 6) is 0.541. The number of hydrogen-bond acceptors (Lipinski definition) is 7. The summed E-state index contributed by atoms with van der Waals surface area (Å²) in [5, 5.41) is 23.6. The van der Waals surface area contributed by atoms with Gasteiger partial charge in [0.25, 0.3) is 5.69 Å². The number of pyridine rings is 1. The van der Waals surface area contributed by atoms with Crippen molar-refractivity contribution in [2.75, 3.05) is 11.9 Å². The average molecular weight is 596 g/mol. The predicted octanol–water partition coefficient (Wildman–Crippen LogP) is 8.17. The highest BCUT2D eigenvalue weighted by Crippen LogP contribution is 2.39. The molecule has 0 aliphatic heterocycles. The van der Waals surface area contributed by atoms with Crippen molar-refractivity contribution < 1.29 is 4.92 Å². The van der Waals surface area contributed by atoms with Crippen LogP contribution in [0.5, 0.6) is 0 Å². The first-order valence-corrected chi connectivity index (χ1v) is 14.9. The van der Waals surface area contributed by atoms with Crippen LogP contribution in [0.3, 0.4) is 0 Å². The van der Waals surface area contributed by atoms with Crippen molar-refractivity contribution in [3.63, 3.8) is 0 Å². The molecule has 0 spiro atoms. The minimum Gasteiger partial charge on any atom is -0.344 e. The number of nitrogens with zero attached hydrogens (tertiary/aromatic N) is 7. The third-order valence-corrected chi connectivity index (χ3v) is 8.03. The Labute approximate surface area is 262 Å². The molecule has 45 heavy (non-hydrogen) atoms. The third-order valence-electron chi connectivity index (χ3n) is 8.03. The van der Waals surface area contributed by atoms with Crippen LogP contribution in [0, 0.1) is 17.0 Å². The fourth-order valence-electron chi connectivity index (χ4n) is 5.55. The molecular weight excluding hydrogens is 562 g/mol. The van der Waals surface area contributed by atoms with E-state index in [2.05, 4.69) is 103 Å². The predicted molar refractivity (Wildman–Crippen MR) is 178 cm³/mol. The van der Waals surface area contributed by atoms with E-state index < -0.39 is 4.92 Å². The van der Waals surface area contributed by atoms with E-state index in [0.29, 0.717) is 11.5 Å². The van der Waals surface area contributed by atoms with E-state index in [1.54, 1.807) is 16.8 Å².